The van der Waals surface area contributed by atoms with E-state index in [2.05, 4.69) is 6.92 Å². The predicted octanol–water partition coefficient (Wildman–Crippen LogP) is 1.59. The van der Waals surface area contributed by atoms with Crippen molar-refractivity contribution in [3.05, 3.63) is 0 Å². The lowest BCUT2D eigenvalue weighted by Crippen LogP contribution is -2.16. The number of rotatable bonds is 5. The molecule has 0 heterocycles. The van der Waals surface area contributed by atoms with Crippen LogP contribution in [0.3, 0.4) is 0 Å². The first-order chi connectivity index (χ1) is 4.83. The molecule has 1 atom stereocenters. The molecule has 10 heavy (non-hydrogen) atoms. The van der Waals surface area contributed by atoms with E-state index in [9.17, 15) is 0 Å². The zero-order valence-corrected chi connectivity index (χ0v) is 6.80. The van der Waals surface area contributed by atoms with Crippen LogP contribution in [0.2, 0.25) is 0 Å². The van der Waals surface area contributed by atoms with Crippen molar-refractivity contribution in [2.45, 2.75) is 38.9 Å². The molecule has 0 bridgehead atoms. The molecule has 0 aromatic rings. The molecular formula is C8H16O2. The highest BCUT2D eigenvalue weighted by Crippen LogP contribution is 2.24. The Bertz CT molecular complexity index is 89.3. The van der Waals surface area contributed by atoms with Gasteiger partial charge >= 0.3 is 0 Å². The van der Waals surface area contributed by atoms with Crippen molar-refractivity contribution in [1.29, 1.82) is 0 Å². The molecule has 1 rings (SSSR count). The van der Waals surface area contributed by atoms with Crippen LogP contribution in [0.4, 0.5) is 0 Å². The molecule has 1 aliphatic carbocycles. The fourth-order valence-electron chi connectivity index (χ4n) is 0.856. The minimum Gasteiger partial charge on any atom is -0.379 e. The van der Waals surface area contributed by atoms with Crippen LogP contribution in [-0.4, -0.2) is 25.4 Å². The Kier molecular flexibility index (Phi) is 3.16. The average molecular weight is 144 g/mol. The summed E-state index contributed by atoms with van der Waals surface area (Å²) in [4.78, 5) is 0. The first-order valence-corrected chi connectivity index (χ1v) is 4.06. The van der Waals surface area contributed by atoms with E-state index in [0.717, 1.165) is 13.2 Å². The molecule has 0 amide bonds. The van der Waals surface area contributed by atoms with Gasteiger partial charge in [-0.15, -0.1) is 0 Å². The number of ether oxygens (including phenoxy) is 2. The highest BCUT2D eigenvalue weighted by molar-refractivity contribution is 4.74. The summed E-state index contributed by atoms with van der Waals surface area (Å²) in [6.45, 7) is 5.60. The molecule has 0 aromatic carbocycles. The van der Waals surface area contributed by atoms with Gasteiger partial charge in [-0.25, -0.2) is 0 Å². The molecule has 2 heteroatoms. The summed E-state index contributed by atoms with van der Waals surface area (Å²) in [6.07, 6.45) is 3.33. The summed E-state index contributed by atoms with van der Waals surface area (Å²) in [5.74, 6) is 0. The molecule has 0 aromatic heterocycles. The maximum atomic E-state index is 5.54. The predicted molar refractivity (Wildman–Crippen MR) is 40.1 cm³/mol. The fourth-order valence-corrected chi connectivity index (χ4v) is 0.856. The molecule has 1 unspecified atom stereocenters. The second-order valence-electron chi connectivity index (χ2n) is 2.81. The first kappa shape index (κ1) is 8.02. The van der Waals surface area contributed by atoms with Crippen LogP contribution in [0.1, 0.15) is 26.7 Å². The lowest BCUT2D eigenvalue weighted by molar-refractivity contribution is -0.0118. The molecule has 0 spiro atoms. The summed E-state index contributed by atoms with van der Waals surface area (Å²) in [5.41, 5.74) is 0. The van der Waals surface area contributed by atoms with Crippen LogP contribution < -0.4 is 0 Å². The van der Waals surface area contributed by atoms with E-state index in [0.29, 0.717) is 6.10 Å². The van der Waals surface area contributed by atoms with Crippen molar-refractivity contribution in [3.8, 4) is 0 Å². The molecule has 1 saturated carbocycles. The Morgan fingerprint density at radius 1 is 1.50 bits per heavy atom. The Hall–Kier alpha value is -0.0800. The maximum Gasteiger partial charge on any atom is 0.0784 e. The van der Waals surface area contributed by atoms with Crippen LogP contribution in [0.25, 0.3) is 0 Å². The van der Waals surface area contributed by atoms with Gasteiger partial charge in [0.05, 0.1) is 18.8 Å². The van der Waals surface area contributed by atoms with E-state index in [1.54, 1.807) is 0 Å². The zero-order chi connectivity index (χ0) is 7.40. The third-order valence-electron chi connectivity index (χ3n) is 1.51. The van der Waals surface area contributed by atoms with Crippen LogP contribution in [-0.2, 0) is 9.47 Å². The van der Waals surface area contributed by atoms with Crippen molar-refractivity contribution >= 4 is 0 Å². The Balaban J connectivity index is 1.91. The van der Waals surface area contributed by atoms with Gasteiger partial charge in [0.25, 0.3) is 0 Å². The fraction of sp³-hybridized carbons (Fsp3) is 1.00. The molecule has 2 nitrogen and oxygen atoms in total. The van der Waals surface area contributed by atoms with Crippen LogP contribution >= 0.6 is 0 Å². The zero-order valence-electron chi connectivity index (χ0n) is 6.80. The Labute approximate surface area is 62.5 Å². The van der Waals surface area contributed by atoms with E-state index < -0.39 is 0 Å². The molecule has 1 aliphatic rings. The molecule has 0 saturated heterocycles. The largest absolute Gasteiger partial charge is 0.379 e. The third kappa shape index (κ3) is 3.18. The first-order valence-electron chi connectivity index (χ1n) is 4.06. The lowest BCUT2D eigenvalue weighted by atomic mass is 10.4. The average Bonchev–Trinajstić information content (AvgIpc) is 2.67. The van der Waals surface area contributed by atoms with Crippen molar-refractivity contribution in [3.63, 3.8) is 0 Å². The van der Waals surface area contributed by atoms with Crippen molar-refractivity contribution in [2.75, 3.05) is 13.2 Å². The van der Waals surface area contributed by atoms with Crippen LogP contribution in [0.5, 0.6) is 0 Å². The van der Waals surface area contributed by atoms with Crippen LogP contribution in [0, 0.1) is 0 Å². The molecule has 0 aliphatic heterocycles. The molecular weight excluding hydrogens is 128 g/mol. The van der Waals surface area contributed by atoms with E-state index in [1.165, 1.54) is 12.8 Å². The van der Waals surface area contributed by atoms with Gasteiger partial charge in [-0.2, -0.15) is 0 Å². The van der Waals surface area contributed by atoms with E-state index in [1.807, 2.05) is 6.92 Å². The standard InChI is InChI=1S/C8H16O2/c1-3-9-6-7(2)10-8-4-5-8/h7-8H,3-6H2,1-2H3. The van der Waals surface area contributed by atoms with Gasteiger partial charge in [-0.3, -0.25) is 0 Å². The summed E-state index contributed by atoms with van der Waals surface area (Å²) < 4.78 is 10.7. The molecule has 1 fully saturated rings. The Morgan fingerprint density at radius 3 is 2.70 bits per heavy atom. The number of hydrogen-bond acceptors (Lipinski definition) is 2. The summed E-state index contributed by atoms with van der Waals surface area (Å²) in [5, 5.41) is 0. The van der Waals surface area contributed by atoms with Gasteiger partial charge in [0.15, 0.2) is 0 Å². The summed E-state index contributed by atoms with van der Waals surface area (Å²) in [6, 6.07) is 0. The molecule has 0 radical (unpaired) electrons. The van der Waals surface area contributed by atoms with E-state index in [-0.39, 0.29) is 6.10 Å². The van der Waals surface area contributed by atoms with Gasteiger partial charge in [0, 0.05) is 6.61 Å². The normalized spacial score (nSPS) is 21.0. The van der Waals surface area contributed by atoms with Crippen LogP contribution in [0.15, 0.2) is 0 Å². The maximum absolute atomic E-state index is 5.54. The summed E-state index contributed by atoms with van der Waals surface area (Å²) >= 11 is 0. The monoisotopic (exact) mass is 144 g/mol. The second-order valence-corrected chi connectivity index (χ2v) is 2.81. The van der Waals surface area contributed by atoms with Gasteiger partial charge < -0.3 is 9.47 Å². The minimum atomic E-state index is 0.285. The van der Waals surface area contributed by atoms with E-state index >= 15 is 0 Å². The Morgan fingerprint density at radius 2 is 2.20 bits per heavy atom. The van der Waals surface area contributed by atoms with Gasteiger partial charge in [0.2, 0.25) is 0 Å². The molecule has 60 valence electrons. The summed E-state index contributed by atoms with van der Waals surface area (Å²) in [7, 11) is 0. The lowest BCUT2D eigenvalue weighted by Gasteiger charge is -2.11. The SMILES string of the molecule is CCOCC(C)OC1CC1. The quantitative estimate of drug-likeness (QED) is 0.583. The molecule has 0 N–H and O–H groups in total. The van der Waals surface area contributed by atoms with Crippen molar-refractivity contribution in [1.82, 2.24) is 0 Å². The van der Waals surface area contributed by atoms with Gasteiger partial charge in [-0.1, -0.05) is 0 Å². The third-order valence-corrected chi connectivity index (χ3v) is 1.51. The topological polar surface area (TPSA) is 18.5 Å². The van der Waals surface area contributed by atoms with Gasteiger partial charge in [-0.05, 0) is 26.7 Å². The van der Waals surface area contributed by atoms with Crippen molar-refractivity contribution < 1.29 is 9.47 Å². The minimum absolute atomic E-state index is 0.285. The highest BCUT2D eigenvalue weighted by Gasteiger charge is 2.24. The highest BCUT2D eigenvalue weighted by atomic mass is 16.5. The van der Waals surface area contributed by atoms with E-state index in [4.69, 9.17) is 9.47 Å². The number of hydrogen-bond donors (Lipinski definition) is 0. The van der Waals surface area contributed by atoms with Crippen molar-refractivity contribution in [2.24, 2.45) is 0 Å². The second kappa shape index (κ2) is 3.94. The van der Waals surface area contributed by atoms with Gasteiger partial charge in [0.1, 0.15) is 0 Å². The smallest absolute Gasteiger partial charge is 0.0784 e.